The van der Waals surface area contributed by atoms with Gasteiger partial charge in [-0.2, -0.15) is 5.10 Å². The summed E-state index contributed by atoms with van der Waals surface area (Å²) in [6.07, 6.45) is 9.30. The highest BCUT2D eigenvalue weighted by atomic mass is 19.1. The molecule has 0 saturated carbocycles. The summed E-state index contributed by atoms with van der Waals surface area (Å²) in [5.74, 6) is 0.376. The topological polar surface area (TPSA) is 70.2 Å². The molecule has 0 bridgehead atoms. The number of nitrogens with one attached hydrogen (secondary N) is 2. The normalized spacial score (nSPS) is 11.5. The van der Waals surface area contributed by atoms with Crippen LogP contribution in [0.1, 0.15) is 11.1 Å². The molecule has 140 valence electrons. The van der Waals surface area contributed by atoms with Crippen molar-refractivity contribution in [3.05, 3.63) is 90.1 Å². The van der Waals surface area contributed by atoms with Gasteiger partial charge in [-0.15, -0.1) is 0 Å². The third-order valence-corrected chi connectivity index (χ3v) is 4.68. The minimum absolute atomic E-state index is 0.273. The molecule has 29 heavy (non-hydrogen) atoms. The van der Waals surface area contributed by atoms with Gasteiger partial charge in [-0.1, -0.05) is 42.5 Å². The Labute approximate surface area is 166 Å². The van der Waals surface area contributed by atoms with Gasteiger partial charge >= 0.3 is 0 Å². The van der Waals surface area contributed by atoms with Crippen molar-refractivity contribution < 1.29 is 4.39 Å². The van der Waals surface area contributed by atoms with Crippen LogP contribution in [0.3, 0.4) is 0 Å². The van der Waals surface area contributed by atoms with Crippen LogP contribution in [0.5, 0.6) is 0 Å². The lowest BCUT2D eigenvalue weighted by atomic mass is 10.0. The zero-order valence-corrected chi connectivity index (χ0v) is 15.3. The monoisotopic (exact) mass is 381 g/mol. The second kappa shape index (κ2) is 7.16. The lowest BCUT2D eigenvalue weighted by Crippen LogP contribution is -1.84. The van der Waals surface area contributed by atoms with Crippen molar-refractivity contribution in [3.63, 3.8) is 0 Å². The van der Waals surface area contributed by atoms with Crippen molar-refractivity contribution in [1.29, 1.82) is 0 Å². The predicted molar refractivity (Wildman–Crippen MR) is 112 cm³/mol. The molecular formula is C23H16FN5. The second-order valence-electron chi connectivity index (χ2n) is 6.61. The van der Waals surface area contributed by atoms with E-state index in [0.717, 1.165) is 33.3 Å². The maximum absolute atomic E-state index is 13.7. The molecule has 0 fully saturated rings. The number of hydrogen-bond acceptors (Lipinski definition) is 3. The molecule has 0 aliphatic heterocycles. The van der Waals surface area contributed by atoms with Crippen molar-refractivity contribution in [1.82, 2.24) is 25.1 Å². The molecule has 6 heteroatoms. The first-order valence-electron chi connectivity index (χ1n) is 9.15. The Balaban J connectivity index is 1.57. The molecule has 0 amide bonds. The number of halogens is 1. The van der Waals surface area contributed by atoms with Crippen LogP contribution in [0.4, 0.5) is 4.39 Å². The van der Waals surface area contributed by atoms with Crippen LogP contribution < -0.4 is 0 Å². The molecule has 2 aromatic carbocycles. The fourth-order valence-electron chi connectivity index (χ4n) is 3.31. The summed E-state index contributed by atoms with van der Waals surface area (Å²) in [5.41, 5.74) is 5.91. The van der Waals surface area contributed by atoms with Crippen LogP contribution in [-0.4, -0.2) is 25.1 Å². The van der Waals surface area contributed by atoms with Gasteiger partial charge in [0.25, 0.3) is 0 Å². The summed E-state index contributed by atoms with van der Waals surface area (Å²) >= 11 is 0. The maximum Gasteiger partial charge on any atom is 0.159 e. The van der Waals surface area contributed by atoms with Gasteiger partial charge in [0.05, 0.1) is 11.0 Å². The molecule has 5 rings (SSSR count). The number of imidazole rings is 1. The van der Waals surface area contributed by atoms with Gasteiger partial charge in [0.2, 0.25) is 0 Å². The quantitative estimate of drug-likeness (QED) is 0.442. The molecule has 5 nitrogen and oxygen atoms in total. The Morgan fingerprint density at radius 1 is 0.966 bits per heavy atom. The smallest absolute Gasteiger partial charge is 0.159 e. The summed E-state index contributed by atoms with van der Waals surface area (Å²) in [6.45, 7) is 0. The fraction of sp³-hybridized carbons (Fsp3) is 0. The molecule has 0 saturated heterocycles. The number of pyridine rings is 1. The Bertz CT molecular complexity index is 1320. The zero-order valence-electron chi connectivity index (χ0n) is 15.3. The van der Waals surface area contributed by atoms with E-state index in [9.17, 15) is 4.39 Å². The standard InChI is InChI=1S/C23H16FN5/c24-18-6-1-5-16(12-18)19-7-2-8-20-22(19)28-23(27-20)21-17(14-26-29-21)10-9-15-4-3-11-25-13-15/h1-14H,(H,26,29)(H,27,28)/b10-9+. The van der Waals surface area contributed by atoms with Gasteiger partial charge in [0.1, 0.15) is 11.5 Å². The third kappa shape index (κ3) is 3.32. The Morgan fingerprint density at radius 3 is 2.76 bits per heavy atom. The molecule has 0 aliphatic rings. The van der Waals surface area contributed by atoms with Crippen LogP contribution in [-0.2, 0) is 0 Å². The van der Waals surface area contributed by atoms with Crippen molar-refractivity contribution in [3.8, 4) is 22.6 Å². The summed E-state index contributed by atoms with van der Waals surface area (Å²) < 4.78 is 13.7. The average molecular weight is 381 g/mol. The van der Waals surface area contributed by atoms with Gasteiger partial charge in [0.15, 0.2) is 5.82 Å². The van der Waals surface area contributed by atoms with Crippen LogP contribution in [0.25, 0.3) is 45.8 Å². The van der Waals surface area contributed by atoms with Crippen LogP contribution >= 0.6 is 0 Å². The Kier molecular flexibility index (Phi) is 4.22. The summed E-state index contributed by atoms with van der Waals surface area (Å²) in [7, 11) is 0. The molecule has 5 aromatic rings. The number of para-hydroxylation sites is 1. The first kappa shape index (κ1) is 17.1. The highest BCUT2D eigenvalue weighted by molar-refractivity contribution is 5.94. The molecule has 0 aliphatic carbocycles. The maximum atomic E-state index is 13.7. The van der Waals surface area contributed by atoms with E-state index < -0.39 is 0 Å². The highest BCUT2D eigenvalue weighted by Crippen LogP contribution is 2.30. The van der Waals surface area contributed by atoms with E-state index >= 15 is 0 Å². The van der Waals surface area contributed by atoms with Crippen molar-refractivity contribution in [2.24, 2.45) is 0 Å². The Morgan fingerprint density at radius 2 is 1.90 bits per heavy atom. The van der Waals surface area contributed by atoms with Gasteiger partial charge in [-0.05, 0) is 35.4 Å². The molecular weight excluding hydrogens is 365 g/mol. The largest absolute Gasteiger partial charge is 0.337 e. The molecule has 3 heterocycles. The average Bonchev–Trinajstić information content (AvgIpc) is 3.39. The predicted octanol–water partition coefficient (Wildman–Crippen LogP) is 5.32. The molecule has 0 radical (unpaired) electrons. The number of nitrogens with zero attached hydrogens (tertiary/aromatic N) is 3. The van der Waals surface area contributed by atoms with Gasteiger partial charge in [-0.3, -0.25) is 10.1 Å². The zero-order chi connectivity index (χ0) is 19.6. The van der Waals surface area contributed by atoms with Gasteiger partial charge < -0.3 is 4.98 Å². The number of aromatic amines is 2. The van der Waals surface area contributed by atoms with Gasteiger partial charge in [0, 0.05) is 29.7 Å². The molecule has 2 N–H and O–H groups in total. The van der Waals surface area contributed by atoms with Gasteiger partial charge in [-0.25, -0.2) is 9.37 Å². The Hall–Kier alpha value is -4.06. The number of H-pyrrole nitrogens is 2. The van der Waals surface area contributed by atoms with Crippen molar-refractivity contribution >= 4 is 23.2 Å². The molecule has 0 atom stereocenters. The van der Waals surface area contributed by atoms with Crippen molar-refractivity contribution in [2.75, 3.05) is 0 Å². The first-order valence-corrected chi connectivity index (χ1v) is 9.15. The number of fused-ring (bicyclic) bond motifs is 1. The number of hydrogen-bond donors (Lipinski definition) is 2. The summed E-state index contributed by atoms with van der Waals surface area (Å²) in [6, 6.07) is 16.2. The van der Waals surface area contributed by atoms with E-state index in [0.29, 0.717) is 11.5 Å². The third-order valence-electron chi connectivity index (χ3n) is 4.68. The minimum atomic E-state index is -0.273. The van der Waals surface area contributed by atoms with Crippen LogP contribution in [0.15, 0.2) is 73.2 Å². The number of rotatable bonds is 4. The van der Waals surface area contributed by atoms with E-state index in [4.69, 9.17) is 4.98 Å². The molecule has 3 aromatic heterocycles. The minimum Gasteiger partial charge on any atom is -0.337 e. The lowest BCUT2D eigenvalue weighted by molar-refractivity contribution is 0.628. The molecule has 0 spiro atoms. The van der Waals surface area contributed by atoms with E-state index in [1.165, 1.54) is 12.1 Å². The molecule has 0 unspecified atom stereocenters. The SMILES string of the molecule is Fc1cccc(-c2cccc3[nH]c(-c4n[nH]cc4/C=C/c4cccnc4)nc23)c1. The fourth-order valence-corrected chi connectivity index (χ4v) is 3.31. The van der Waals surface area contributed by atoms with Crippen LogP contribution in [0.2, 0.25) is 0 Å². The second-order valence-corrected chi connectivity index (χ2v) is 6.61. The number of aromatic nitrogens is 5. The summed E-state index contributed by atoms with van der Waals surface area (Å²) in [5, 5.41) is 7.27. The summed E-state index contributed by atoms with van der Waals surface area (Å²) in [4.78, 5) is 12.2. The van der Waals surface area contributed by atoms with E-state index in [-0.39, 0.29) is 5.82 Å². The lowest BCUT2D eigenvalue weighted by Gasteiger charge is -2.02. The van der Waals surface area contributed by atoms with E-state index in [1.807, 2.05) is 54.7 Å². The number of benzene rings is 2. The van der Waals surface area contributed by atoms with Crippen molar-refractivity contribution in [2.45, 2.75) is 0 Å². The van der Waals surface area contributed by atoms with E-state index in [1.54, 1.807) is 18.5 Å². The highest BCUT2D eigenvalue weighted by Gasteiger charge is 2.14. The van der Waals surface area contributed by atoms with Crippen LogP contribution in [0, 0.1) is 5.82 Å². The first-order chi connectivity index (χ1) is 14.3. The van der Waals surface area contributed by atoms with E-state index in [2.05, 4.69) is 20.2 Å².